The molecule has 2 N–H and O–H groups in total. The van der Waals surface area contributed by atoms with Crippen LogP contribution in [0.4, 0.5) is 10.5 Å². The Bertz CT molecular complexity index is 756. The summed E-state index contributed by atoms with van der Waals surface area (Å²) in [4.78, 5) is 12.4. The number of nitrogens with one attached hydrogen (secondary N) is 2. The first-order valence-corrected chi connectivity index (χ1v) is 9.96. The van der Waals surface area contributed by atoms with E-state index in [9.17, 15) is 9.00 Å². The molecule has 1 aliphatic rings. The van der Waals surface area contributed by atoms with Gasteiger partial charge in [0, 0.05) is 47.0 Å². The SMILES string of the molecule is CC[S@](=O)[C@H]1CCCC[C@H]1NC(=O)Nc1ccc2ccn(C)c2c1. The monoisotopic (exact) mass is 347 g/mol. The van der Waals surface area contributed by atoms with Gasteiger partial charge in [-0.15, -0.1) is 0 Å². The van der Waals surface area contributed by atoms with Crippen LogP contribution in [0.1, 0.15) is 32.6 Å². The molecule has 6 heteroatoms. The molecule has 0 bridgehead atoms. The summed E-state index contributed by atoms with van der Waals surface area (Å²) in [5, 5.41) is 7.17. The van der Waals surface area contributed by atoms with Crippen molar-refractivity contribution in [2.75, 3.05) is 11.1 Å². The Labute approximate surface area is 145 Å². The van der Waals surface area contributed by atoms with Gasteiger partial charge < -0.3 is 15.2 Å². The zero-order valence-corrected chi connectivity index (χ0v) is 15.1. The maximum absolute atomic E-state index is 12.4. The third-order valence-corrected chi connectivity index (χ3v) is 6.60. The molecule has 1 saturated carbocycles. The van der Waals surface area contributed by atoms with E-state index in [2.05, 4.69) is 10.6 Å². The Kier molecular flexibility index (Phi) is 5.23. The van der Waals surface area contributed by atoms with E-state index < -0.39 is 10.8 Å². The minimum atomic E-state index is -0.869. The van der Waals surface area contributed by atoms with Crippen LogP contribution in [0.25, 0.3) is 10.9 Å². The zero-order chi connectivity index (χ0) is 17.1. The number of nitrogens with zero attached hydrogens (tertiary/aromatic N) is 1. The Morgan fingerprint density at radius 1 is 1.29 bits per heavy atom. The molecule has 1 heterocycles. The van der Waals surface area contributed by atoms with Gasteiger partial charge in [0.05, 0.1) is 5.25 Å². The molecular formula is C18H25N3O2S. The minimum absolute atomic E-state index is 0.00157. The van der Waals surface area contributed by atoms with Crippen LogP contribution in [0.15, 0.2) is 30.5 Å². The number of anilines is 1. The summed E-state index contributed by atoms with van der Waals surface area (Å²) in [7, 11) is 1.12. The van der Waals surface area contributed by atoms with Crippen LogP contribution in [0.2, 0.25) is 0 Å². The predicted molar refractivity (Wildman–Crippen MR) is 99.8 cm³/mol. The summed E-state index contributed by atoms with van der Waals surface area (Å²) in [5.41, 5.74) is 1.85. The molecule has 0 radical (unpaired) electrons. The van der Waals surface area contributed by atoms with Crippen LogP contribution >= 0.6 is 0 Å². The molecule has 3 atom stereocenters. The van der Waals surface area contributed by atoms with Crippen molar-refractivity contribution in [3.63, 3.8) is 0 Å². The molecule has 0 unspecified atom stereocenters. The summed E-state index contributed by atoms with van der Waals surface area (Å²) >= 11 is 0. The molecule has 0 spiro atoms. The van der Waals surface area contributed by atoms with Crippen LogP contribution in [0.3, 0.4) is 0 Å². The molecule has 130 valence electrons. The molecule has 2 amide bonds. The van der Waals surface area contributed by atoms with Crippen molar-refractivity contribution < 1.29 is 9.00 Å². The fraction of sp³-hybridized carbons (Fsp3) is 0.500. The molecule has 2 aromatic rings. The molecule has 5 nitrogen and oxygen atoms in total. The lowest BCUT2D eigenvalue weighted by Gasteiger charge is -2.31. The molecule has 1 aromatic heterocycles. The van der Waals surface area contributed by atoms with Crippen LogP contribution in [0, 0.1) is 0 Å². The van der Waals surface area contributed by atoms with E-state index in [1.807, 2.05) is 49.0 Å². The Hall–Kier alpha value is -1.82. The number of amides is 2. The molecule has 0 saturated heterocycles. The second-order valence-electron chi connectivity index (χ2n) is 6.40. The van der Waals surface area contributed by atoms with Gasteiger partial charge in [-0.2, -0.15) is 0 Å². The van der Waals surface area contributed by atoms with Gasteiger partial charge in [-0.05, 0) is 36.4 Å². The maximum Gasteiger partial charge on any atom is 0.319 e. The van der Waals surface area contributed by atoms with Crippen molar-refractivity contribution in [3.05, 3.63) is 30.5 Å². The molecule has 1 aliphatic carbocycles. The number of carbonyl (C=O) groups excluding carboxylic acids is 1. The first-order valence-electron chi connectivity index (χ1n) is 8.58. The number of rotatable bonds is 4. The van der Waals surface area contributed by atoms with Gasteiger partial charge in [0.2, 0.25) is 0 Å². The highest BCUT2D eigenvalue weighted by Crippen LogP contribution is 2.24. The summed E-state index contributed by atoms with van der Waals surface area (Å²) in [6, 6.07) is 7.71. The van der Waals surface area contributed by atoms with E-state index in [1.54, 1.807) is 0 Å². The number of fused-ring (bicyclic) bond motifs is 1. The highest BCUT2D eigenvalue weighted by atomic mass is 32.2. The quantitative estimate of drug-likeness (QED) is 0.890. The van der Waals surface area contributed by atoms with Gasteiger partial charge >= 0.3 is 6.03 Å². The van der Waals surface area contributed by atoms with E-state index in [0.29, 0.717) is 5.75 Å². The smallest absolute Gasteiger partial charge is 0.319 e. The number of aryl methyl sites for hydroxylation is 1. The Morgan fingerprint density at radius 2 is 2.08 bits per heavy atom. The van der Waals surface area contributed by atoms with Crippen molar-refractivity contribution in [2.24, 2.45) is 7.05 Å². The van der Waals surface area contributed by atoms with Gasteiger partial charge in [0.25, 0.3) is 0 Å². The van der Waals surface area contributed by atoms with Crippen molar-refractivity contribution in [1.82, 2.24) is 9.88 Å². The third-order valence-electron chi connectivity index (χ3n) is 4.79. The highest BCUT2D eigenvalue weighted by Gasteiger charge is 2.30. The highest BCUT2D eigenvalue weighted by molar-refractivity contribution is 7.85. The number of urea groups is 1. The number of hydrogen-bond acceptors (Lipinski definition) is 2. The standard InChI is InChI=1S/C18H25N3O2S/c1-3-24(23)17-7-5-4-6-15(17)20-18(22)19-14-9-8-13-10-11-21(2)16(13)12-14/h8-12,15,17H,3-7H2,1-2H3,(H2,19,20,22)/t15-,17+,24+/m1/s1. The summed E-state index contributed by atoms with van der Waals surface area (Å²) in [6.45, 7) is 1.94. The van der Waals surface area contributed by atoms with Crippen molar-refractivity contribution >= 4 is 33.4 Å². The van der Waals surface area contributed by atoms with E-state index in [-0.39, 0.29) is 17.3 Å². The van der Waals surface area contributed by atoms with Crippen LogP contribution in [-0.2, 0) is 17.8 Å². The van der Waals surface area contributed by atoms with Crippen LogP contribution < -0.4 is 10.6 Å². The van der Waals surface area contributed by atoms with Gasteiger partial charge in [-0.1, -0.05) is 25.8 Å². The fourth-order valence-corrected chi connectivity index (χ4v) is 4.89. The molecule has 3 rings (SSSR count). The molecule has 1 aromatic carbocycles. The average molecular weight is 347 g/mol. The Morgan fingerprint density at radius 3 is 2.88 bits per heavy atom. The van der Waals surface area contributed by atoms with Gasteiger partial charge in [0.15, 0.2) is 0 Å². The first kappa shape index (κ1) is 17.0. The summed E-state index contributed by atoms with van der Waals surface area (Å²) in [5.74, 6) is 0.647. The van der Waals surface area contributed by atoms with Crippen molar-refractivity contribution in [1.29, 1.82) is 0 Å². The average Bonchev–Trinajstić information content (AvgIpc) is 2.95. The second-order valence-corrected chi connectivity index (χ2v) is 8.34. The van der Waals surface area contributed by atoms with E-state index in [0.717, 1.165) is 42.3 Å². The largest absolute Gasteiger partial charge is 0.350 e. The van der Waals surface area contributed by atoms with Crippen molar-refractivity contribution in [3.8, 4) is 0 Å². The predicted octanol–water partition coefficient (Wildman–Crippen LogP) is 3.38. The van der Waals surface area contributed by atoms with Gasteiger partial charge in [-0.25, -0.2) is 4.79 Å². The number of benzene rings is 1. The minimum Gasteiger partial charge on any atom is -0.350 e. The van der Waals surface area contributed by atoms with E-state index >= 15 is 0 Å². The lowest BCUT2D eigenvalue weighted by Crippen LogP contribution is -2.48. The normalized spacial score (nSPS) is 22.2. The lowest BCUT2D eigenvalue weighted by atomic mass is 9.95. The van der Waals surface area contributed by atoms with Crippen LogP contribution in [0.5, 0.6) is 0 Å². The van der Waals surface area contributed by atoms with E-state index in [4.69, 9.17) is 0 Å². The van der Waals surface area contributed by atoms with Gasteiger partial charge in [-0.3, -0.25) is 4.21 Å². The van der Waals surface area contributed by atoms with E-state index in [1.165, 1.54) is 0 Å². The first-order chi connectivity index (χ1) is 11.6. The topological polar surface area (TPSA) is 63.1 Å². The van der Waals surface area contributed by atoms with Gasteiger partial charge in [0.1, 0.15) is 0 Å². The lowest BCUT2D eigenvalue weighted by molar-refractivity contribution is 0.244. The third kappa shape index (κ3) is 3.64. The Balaban J connectivity index is 1.67. The summed E-state index contributed by atoms with van der Waals surface area (Å²) in [6.07, 6.45) is 6.01. The number of carbonyl (C=O) groups is 1. The molecular weight excluding hydrogens is 322 g/mol. The fourth-order valence-electron chi connectivity index (χ4n) is 3.47. The summed E-state index contributed by atoms with van der Waals surface area (Å²) < 4.78 is 14.2. The van der Waals surface area contributed by atoms with Crippen LogP contribution in [-0.4, -0.2) is 31.9 Å². The molecule has 24 heavy (non-hydrogen) atoms. The second kappa shape index (κ2) is 7.38. The number of aromatic nitrogens is 1. The maximum atomic E-state index is 12.4. The van der Waals surface area contributed by atoms with Crippen molar-refractivity contribution in [2.45, 2.75) is 43.9 Å². The zero-order valence-electron chi connectivity index (χ0n) is 14.2. The molecule has 1 fully saturated rings. The number of hydrogen-bond donors (Lipinski definition) is 2. The molecule has 0 aliphatic heterocycles.